The van der Waals surface area contributed by atoms with Crippen LogP contribution >= 0.6 is 0 Å². The van der Waals surface area contributed by atoms with Crippen LogP contribution in [0.25, 0.3) is 0 Å². The van der Waals surface area contributed by atoms with E-state index in [1.165, 1.54) is 13.3 Å². The first-order valence-electron chi connectivity index (χ1n) is 5.50. The lowest BCUT2D eigenvalue weighted by Crippen LogP contribution is -2.26. The summed E-state index contributed by atoms with van der Waals surface area (Å²) >= 11 is 0. The lowest BCUT2D eigenvalue weighted by atomic mass is 9.86. The van der Waals surface area contributed by atoms with Gasteiger partial charge in [-0.25, -0.2) is 4.98 Å². The lowest BCUT2D eigenvalue weighted by molar-refractivity contribution is 0.332. The van der Waals surface area contributed by atoms with Crippen LogP contribution in [-0.4, -0.2) is 16.7 Å². The third-order valence-electron chi connectivity index (χ3n) is 3.05. The van der Waals surface area contributed by atoms with E-state index in [0.29, 0.717) is 5.75 Å². The molecule has 0 aliphatic heterocycles. The van der Waals surface area contributed by atoms with Crippen LogP contribution in [0.1, 0.15) is 33.0 Å². The van der Waals surface area contributed by atoms with E-state index < -0.39 is 0 Å². The Morgan fingerprint density at radius 1 is 1.50 bits per heavy atom. The van der Waals surface area contributed by atoms with E-state index >= 15 is 0 Å². The Labute approximate surface area is 96.3 Å². The highest BCUT2D eigenvalue weighted by atomic mass is 16.5. The molecular weight excluding hydrogens is 204 g/mol. The van der Waals surface area contributed by atoms with Gasteiger partial charge in [-0.2, -0.15) is 0 Å². The fourth-order valence-electron chi connectivity index (χ4n) is 1.41. The van der Waals surface area contributed by atoms with Crippen LogP contribution in [0.15, 0.2) is 11.0 Å². The van der Waals surface area contributed by atoms with Crippen molar-refractivity contribution in [1.29, 1.82) is 0 Å². The molecule has 1 aromatic rings. The molecule has 0 bridgehead atoms. The number of hydrogen-bond acceptors (Lipinski definition) is 3. The van der Waals surface area contributed by atoms with Gasteiger partial charge in [0.1, 0.15) is 5.82 Å². The first kappa shape index (κ1) is 12.7. The van der Waals surface area contributed by atoms with Crippen LogP contribution < -0.4 is 10.3 Å². The van der Waals surface area contributed by atoms with Crippen LogP contribution in [0.3, 0.4) is 0 Å². The predicted molar refractivity (Wildman–Crippen MR) is 63.8 cm³/mol. The van der Waals surface area contributed by atoms with Gasteiger partial charge in [-0.1, -0.05) is 27.2 Å². The fraction of sp³-hybridized carbons (Fsp3) is 0.667. The second-order valence-electron chi connectivity index (χ2n) is 4.80. The van der Waals surface area contributed by atoms with Crippen LogP contribution in [0.4, 0.5) is 0 Å². The number of aromatic nitrogens is 2. The number of nitrogens with zero attached hydrogens (tertiary/aromatic N) is 2. The smallest absolute Gasteiger partial charge is 0.295 e. The Hall–Kier alpha value is -1.32. The molecule has 0 radical (unpaired) electrons. The van der Waals surface area contributed by atoms with Crippen molar-refractivity contribution in [1.82, 2.24) is 9.55 Å². The molecule has 0 atom stereocenters. The highest BCUT2D eigenvalue weighted by Crippen LogP contribution is 2.24. The van der Waals surface area contributed by atoms with E-state index in [2.05, 4.69) is 25.8 Å². The molecule has 0 spiro atoms. The van der Waals surface area contributed by atoms with Gasteiger partial charge in [0.25, 0.3) is 5.56 Å². The van der Waals surface area contributed by atoms with Crippen molar-refractivity contribution in [2.45, 2.75) is 33.6 Å². The van der Waals surface area contributed by atoms with E-state index in [9.17, 15) is 4.79 Å². The summed E-state index contributed by atoms with van der Waals surface area (Å²) in [6.07, 6.45) is 3.34. The Morgan fingerprint density at radius 2 is 2.12 bits per heavy atom. The molecule has 1 rings (SSSR count). The van der Waals surface area contributed by atoms with Crippen LogP contribution in [0.5, 0.6) is 5.75 Å². The van der Waals surface area contributed by atoms with Gasteiger partial charge >= 0.3 is 0 Å². The van der Waals surface area contributed by atoms with Crippen molar-refractivity contribution in [3.8, 4) is 5.75 Å². The molecule has 0 N–H and O–H groups in total. The molecule has 90 valence electrons. The van der Waals surface area contributed by atoms with Crippen LogP contribution in [-0.2, 0) is 13.5 Å². The number of ether oxygens (including phenoxy) is 1. The molecule has 0 saturated heterocycles. The van der Waals surface area contributed by atoms with Crippen molar-refractivity contribution in [2.75, 3.05) is 7.11 Å². The maximum atomic E-state index is 11.8. The predicted octanol–water partition coefficient (Wildman–Crippen LogP) is 1.77. The quantitative estimate of drug-likeness (QED) is 0.783. The first-order valence-corrected chi connectivity index (χ1v) is 5.50. The second-order valence-corrected chi connectivity index (χ2v) is 4.80. The highest BCUT2D eigenvalue weighted by Gasteiger charge is 2.19. The zero-order valence-corrected chi connectivity index (χ0v) is 10.7. The summed E-state index contributed by atoms with van der Waals surface area (Å²) < 4.78 is 6.51. The maximum Gasteiger partial charge on any atom is 0.295 e. The Bertz CT molecular complexity index is 422. The molecule has 0 unspecified atom stereocenters. The molecule has 0 aliphatic rings. The van der Waals surface area contributed by atoms with Gasteiger partial charge in [-0.15, -0.1) is 0 Å². The Morgan fingerprint density at radius 3 is 2.62 bits per heavy atom. The summed E-state index contributed by atoms with van der Waals surface area (Å²) in [7, 11) is 3.22. The van der Waals surface area contributed by atoms with Crippen LogP contribution in [0.2, 0.25) is 0 Å². The number of rotatable bonds is 4. The van der Waals surface area contributed by atoms with E-state index in [-0.39, 0.29) is 11.0 Å². The summed E-state index contributed by atoms with van der Waals surface area (Å²) in [5.74, 6) is 1.10. The summed E-state index contributed by atoms with van der Waals surface area (Å²) in [6.45, 7) is 6.48. The summed E-state index contributed by atoms with van der Waals surface area (Å²) in [6, 6.07) is 0. The summed E-state index contributed by atoms with van der Waals surface area (Å²) in [5, 5.41) is 0. The van der Waals surface area contributed by atoms with Crippen molar-refractivity contribution >= 4 is 0 Å². The Balaban J connectivity index is 3.09. The van der Waals surface area contributed by atoms with E-state index in [4.69, 9.17) is 4.74 Å². The molecule has 0 aromatic carbocycles. The monoisotopic (exact) mass is 224 g/mol. The third-order valence-corrected chi connectivity index (χ3v) is 3.05. The van der Waals surface area contributed by atoms with E-state index in [1.807, 2.05) is 0 Å². The second kappa shape index (κ2) is 4.68. The largest absolute Gasteiger partial charge is 0.490 e. The minimum Gasteiger partial charge on any atom is -0.490 e. The van der Waals surface area contributed by atoms with Crippen molar-refractivity contribution in [2.24, 2.45) is 12.5 Å². The van der Waals surface area contributed by atoms with Gasteiger partial charge < -0.3 is 4.74 Å². The van der Waals surface area contributed by atoms with Gasteiger partial charge in [-0.05, 0) is 5.41 Å². The van der Waals surface area contributed by atoms with E-state index in [1.54, 1.807) is 11.6 Å². The molecule has 1 aromatic heterocycles. The van der Waals surface area contributed by atoms with Crippen molar-refractivity contribution in [3.63, 3.8) is 0 Å². The standard InChI is InChI=1S/C12H20N2O2/c1-6-12(2,3)7-10-13-8-9(16-5)11(15)14(10)4/h8H,6-7H2,1-5H3. The van der Waals surface area contributed by atoms with Gasteiger partial charge in [0.2, 0.25) is 5.75 Å². The molecule has 0 saturated carbocycles. The minimum absolute atomic E-state index is 0.126. The molecule has 4 nitrogen and oxygen atoms in total. The average molecular weight is 224 g/mol. The number of hydrogen-bond donors (Lipinski definition) is 0. The van der Waals surface area contributed by atoms with Gasteiger partial charge in [-0.3, -0.25) is 9.36 Å². The summed E-state index contributed by atoms with van der Waals surface area (Å²) in [4.78, 5) is 16.1. The molecule has 1 heterocycles. The molecule has 0 fully saturated rings. The zero-order chi connectivity index (χ0) is 12.3. The highest BCUT2D eigenvalue weighted by molar-refractivity contribution is 5.14. The Kier molecular flexibility index (Phi) is 3.73. The molecule has 0 amide bonds. The number of methoxy groups -OCH3 is 1. The normalized spacial score (nSPS) is 11.6. The van der Waals surface area contributed by atoms with Gasteiger partial charge in [0.15, 0.2) is 0 Å². The first-order chi connectivity index (χ1) is 7.41. The fourth-order valence-corrected chi connectivity index (χ4v) is 1.41. The summed E-state index contributed by atoms with van der Waals surface area (Å²) in [5.41, 5.74) is 0.0330. The zero-order valence-electron chi connectivity index (χ0n) is 10.7. The lowest BCUT2D eigenvalue weighted by Gasteiger charge is -2.23. The minimum atomic E-state index is -0.126. The van der Waals surface area contributed by atoms with Gasteiger partial charge in [0, 0.05) is 13.5 Å². The molecule has 0 aliphatic carbocycles. The average Bonchev–Trinajstić information content (AvgIpc) is 2.25. The molecule has 16 heavy (non-hydrogen) atoms. The third kappa shape index (κ3) is 2.62. The SMILES string of the molecule is CCC(C)(C)Cc1ncc(OC)c(=O)n1C. The topological polar surface area (TPSA) is 44.1 Å². The van der Waals surface area contributed by atoms with E-state index in [0.717, 1.165) is 18.7 Å². The maximum absolute atomic E-state index is 11.8. The van der Waals surface area contributed by atoms with Gasteiger partial charge in [0.05, 0.1) is 13.3 Å². The van der Waals surface area contributed by atoms with Crippen molar-refractivity contribution < 1.29 is 4.74 Å². The molecular formula is C12H20N2O2. The van der Waals surface area contributed by atoms with Crippen molar-refractivity contribution in [3.05, 3.63) is 22.4 Å². The molecule has 4 heteroatoms. The van der Waals surface area contributed by atoms with Crippen LogP contribution in [0, 0.1) is 5.41 Å².